The molecule has 1 aliphatic rings. The van der Waals surface area contributed by atoms with Gasteiger partial charge in [-0.1, -0.05) is 23.7 Å². The summed E-state index contributed by atoms with van der Waals surface area (Å²) in [5.74, 6) is 0.256. The Morgan fingerprint density at radius 1 is 1.07 bits per heavy atom. The van der Waals surface area contributed by atoms with Gasteiger partial charge in [-0.25, -0.2) is 0 Å². The largest absolute Gasteiger partial charge is 0.378 e. The lowest BCUT2D eigenvalue weighted by atomic mass is 10.1. The molecule has 1 saturated heterocycles. The summed E-state index contributed by atoms with van der Waals surface area (Å²) < 4.78 is 5.49. The first-order valence-electron chi connectivity index (χ1n) is 9.28. The number of hydrogen-bond acceptors (Lipinski definition) is 4. The highest BCUT2D eigenvalue weighted by Gasteiger charge is 2.17. The summed E-state index contributed by atoms with van der Waals surface area (Å²) in [5, 5.41) is 0.721. The Hall–Kier alpha value is -2.02. The molecule has 5 nitrogen and oxygen atoms in total. The van der Waals surface area contributed by atoms with Gasteiger partial charge in [-0.15, -0.1) is 11.8 Å². The van der Waals surface area contributed by atoms with Gasteiger partial charge in [-0.3, -0.25) is 20.4 Å². The Labute approximate surface area is 174 Å². The van der Waals surface area contributed by atoms with Crippen LogP contribution < -0.4 is 10.9 Å². The van der Waals surface area contributed by atoms with Crippen molar-refractivity contribution in [2.75, 3.05) is 6.61 Å². The average Bonchev–Trinajstić information content (AvgIpc) is 3.24. The van der Waals surface area contributed by atoms with Crippen LogP contribution in [0.2, 0.25) is 5.02 Å². The molecule has 2 aromatic carbocycles. The van der Waals surface area contributed by atoms with E-state index in [2.05, 4.69) is 10.9 Å². The predicted octanol–water partition coefficient (Wildman–Crippen LogP) is 4.35. The summed E-state index contributed by atoms with van der Waals surface area (Å²) in [7, 11) is 0. The number of ether oxygens (including phenoxy) is 1. The third-order valence-corrected chi connectivity index (χ3v) is 5.80. The maximum absolute atomic E-state index is 12.2. The van der Waals surface area contributed by atoms with E-state index in [0.29, 0.717) is 18.4 Å². The first-order chi connectivity index (χ1) is 13.6. The highest BCUT2D eigenvalue weighted by Crippen LogP contribution is 2.24. The zero-order valence-corrected chi connectivity index (χ0v) is 17.0. The molecule has 2 amide bonds. The topological polar surface area (TPSA) is 67.4 Å². The minimum Gasteiger partial charge on any atom is -0.378 e. The van der Waals surface area contributed by atoms with Crippen molar-refractivity contribution in [3.8, 4) is 0 Å². The maximum atomic E-state index is 12.2. The van der Waals surface area contributed by atoms with Gasteiger partial charge >= 0.3 is 0 Å². The zero-order chi connectivity index (χ0) is 19.8. The SMILES string of the molecule is O=C(CCC1CCCO1)NNC(=O)c1ccc(CSc2ccc(Cl)cc2)cc1. The lowest BCUT2D eigenvalue weighted by Crippen LogP contribution is -2.41. The van der Waals surface area contributed by atoms with Crippen molar-refractivity contribution < 1.29 is 14.3 Å². The lowest BCUT2D eigenvalue weighted by molar-refractivity contribution is -0.122. The van der Waals surface area contributed by atoms with Crippen LogP contribution in [0, 0.1) is 0 Å². The molecule has 0 radical (unpaired) electrons. The van der Waals surface area contributed by atoms with Crippen LogP contribution in [-0.2, 0) is 15.3 Å². The van der Waals surface area contributed by atoms with Gasteiger partial charge in [-0.2, -0.15) is 0 Å². The molecule has 0 spiro atoms. The zero-order valence-electron chi connectivity index (χ0n) is 15.4. The van der Waals surface area contributed by atoms with Crippen LogP contribution in [0.5, 0.6) is 0 Å². The first-order valence-corrected chi connectivity index (χ1v) is 10.6. The highest BCUT2D eigenvalue weighted by atomic mass is 35.5. The number of halogens is 1. The van der Waals surface area contributed by atoms with Crippen LogP contribution in [0.4, 0.5) is 0 Å². The van der Waals surface area contributed by atoms with Gasteiger partial charge in [0, 0.05) is 34.3 Å². The van der Waals surface area contributed by atoms with E-state index in [-0.39, 0.29) is 17.9 Å². The van der Waals surface area contributed by atoms with E-state index >= 15 is 0 Å². The number of rotatable bonds is 7. The number of carbonyl (C=O) groups excluding carboxylic acids is 2. The molecule has 1 heterocycles. The van der Waals surface area contributed by atoms with E-state index < -0.39 is 0 Å². The maximum Gasteiger partial charge on any atom is 0.269 e. The van der Waals surface area contributed by atoms with Gasteiger partial charge in [0.2, 0.25) is 5.91 Å². The van der Waals surface area contributed by atoms with Crippen LogP contribution >= 0.6 is 23.4 Å². The predicted molar refractivity (Wildman–Crippen MR) is 111 cm³/mol. The second-order valence-electron chi connectivity index (χ2n) is 6.62. The number of amides is 2. The molecule has 0 aromatic heterocycles. The van der Waals surface area contributed by atoms with Crippen molar-refractivity contribution in [3.05, 3.63) is 64.7 Å². The molecule has 148 valence electrons. The summed E-state index contributed by atoms with van der Waals surface area (Å²) in [6.07, 6.45) is 3.24. The molecule has 2 N–H and O–H groups in total. The van der Waals surface area contributed by atoms with Crippen LogP contribution in [0.1, 0.15) is 41.6 Å². The van der Waals surface area contributed by atoms with E-state index in [0.717, 1.165) is 40.7 Å². The first kappa shape index (κ1) is 20.7. The molecule has 1 atom stereocenters. The number of hydrogen-bond donors (Lipinski definition) is 2. The van der Waals surface area contributed by atoms with Crippen molar-refractivity contribution in [2.24, 2.45) is 0 Å². The fourth-order valence-electron chi connectivity index (χ4n) is 2.88. The molecular weight excluding hydrogens is 396 g/mol. The molecule has 1 aliphatic heterocycles. The molecule has 0 bridgehead atoms. The van der Waals surface area contributed by atoms with E-state index in [1.54, 1.807) is 23.9 Å². The summed E-state index contributed by atoms with van der Waals surface area (Å²) in [5.41, 5.74) is 6.53. The second-order valence-corrected chi connectivity index (χ2v) is 8.10. The van der Waals surface area contributed by atoms with Crippen LogP contribution in [-0.4, -0.2) is 24.5 Å². The number of nitrogens with one attached hydrogen (secondary N) is 2. The minimum atomic E-state index is -0.331. The van der Waals surface area contributed by atoms with Gasteiger partial charge < -0.3 is 4.74 Å². The third kappa shape index (κ3) is 6.55. The summed E-state index contributed by atoms with van der Waals surface area (Å²) in [4.78, 5) is 25.1. The van der Waals surface area contributed by atoms with E-state index in [9.17, 15) is 9.59 Å². The van der Waals surface area contributed by atoms with E-state index in [4.69, 9.17) is 16.3 Å². The fraction of sp³-hybridized carbons (Fsp3) is 0.333. The Morgan fingerprint density at radius 3 is 2.50 bits per heavy atom. The molecule has 28 heavy (non-hydrogen) atoms. The van der Waals surface area contributed by atoms with Gasteiger partial charge in [0.1, 0.15) is 0 Å². The molecular formula is C21H23ClN2O3S. The molecule has 1 unspecified atom stereocenters. The van der Waals surface area contributed by atoms with Crippen molar-refractivity contribution >= 4 is 35.2 Å². The van der Waals surface area contributed by atoms with Crippen molar-refractivity contribution in [2.45, 2.75) is 42.4 Å². The normalized spacial score (nSPS) is 16.0. The monoisotopic (exact) mass is 418 g/mol. The molecule has 2 aromatic rings. The van der Waals surface area contributed by atoms with Gasteiger partial charge in [0.25, 0.3) is 5.91 Å². The molecule has 3 rings (SSSR count). The van der Waals surface area contributed by atoms with Crippen molar-refractivity contribution in [3.63, 3.8) is 0 Å². The van der Waals surface area contributed by atoms with Gasteiger partial charge in [0.05, 0.1) is 6.10 Å². The summed E-state index contributed by atoms with van der Waals surface area (Å²) in [6, 6.07) is 15.0. The molecule has 0 aliphatic carbocycles. The second kappa shape index (κ2) is 10.5. The van der Waals surface area contributed by atoms with E-state index in [1.165, 1.54) is 0 Å². The summed E-state index contributed by atoms with van der Waals surface area (Å²) >= 11 is 7.59. The van der Waals surface area contributed by atoms with Gasteiger partial charge in [-0.05, 0) is 61.2 Å². The lowest BCUT2D eigenvalue weighted by Gasteiger charge is -2.10. The van der Waals surface area contributed by atoms with Crippen molar-refractivity contribution in [1.29, 1.82) is 0 Å². The van der Waals surface area contributed by atoms with Crippen LogP contribution in [0.25, 0.3) is 0 Å². The van der Waals surface area contributed by atoms with Crippen LogP contribution in [0.15, 0.2) is 53.4 Å². The number of hydrazine groups is 1. The van der Waals surface area contributed by atoms with Crippen molar-refractivity contribution in [1.82, 2.24) is 10.9 Å². The quantitative estimate of drug-likeness (QED) is 0.518. The highest BCUT2D eigenvalue weighted by molar-refractivity contribution is 7.98. The summed E-state index contributed by atoms with van der Waals surface area (Å²) in [6.45, 7) is 0.775. The van der Waals surface area contributed by atoms with Crippen LogP contribution in [0.3, 0.4) is 0 Å². The Kier molecular flexibility index (Phi) is 7.77. The smallest absolute Gasteiger partial charge is 0.269 e. The molecule has 7 heteroatoms. The Bertz CT molecular complexity index is 790. The minimum absolute atomic E-state index is 0.166. The Morgan fingerprint density at radius 2 is 1.82 bits per heavy atom. The number of benzene rings is 2. The third-order valence-electron chi connectivity index (χ3n) is 4.47. The average molecular weight is 419 g/mol. The molecule has 1 fully saturated rings. The Balaban J connectivity index is 1.40. The van der Waals surface area contributed by atoms with Gasteiger partial charge in [0.15, 0.2) is 0 Å². The number of thioether (sulfide) groups is 1. The fourth-order valence-corrected chi connectivity index (χ4v) is 3.86. The van der Waals surface area contributed by atoms with E-state index in [1.807, 2.05) is 36.4 Å². The molecule has 0 saturated carbocycles. The number of carbonyl (C=O) groups is 2. The standard InChI is InChI=1S/C21H23ClN2O3S/c22-17-7-10-19(11-8-17)28-14-15-3-5-16(6-4-15)21(26)24-23-20(25)12-9-18-2-1-13-27-18/h3-8,10-11,18H,1-2,9,12-14H2,(H,23,25)(H,24,26).